The number of hydrogen-bond acceptors (Lipinski definition) is 3. The van der Waals surface area contributed by atoms with Gasteiger partial charge in [0, 0.05) is 17.2 Å². The summed E-state index contributed by atoms with van der Waals surface area (Å²) >= 11 is 0. The van der Waals surface area contributed by atoms with Crippen LogP contribution in [0.3, 0.4) is 0 Å². The molecule has 1 heterocycles. The molecule has 0 saturated carbocycles. The molecule has 1 aromatic carbocycles. The molecular formula is C15H12F3NO2. The lowest BCUT2D eigenvalue weighted by Gasteiger charge is -2.06. The van der Waals surface area contributed by atoms with E-state index in [4.69, 9.17) is 4.74 Å². The molecule has 3 nitrogen and oxygen atoms in total. The Hall–Kier alpha value is -2.37. The van der Waals surface area contributed by atoms with Gasteiger partial charge in [-0.05, 0) is 37.6 Å². The summed E-state index contributed by atoms with van der Waals surface area (Å²) in [6.45, 7) is 3.46. The molecule has 0 spiro atoms. The van der Waals surface area contributed by atoms with E-state index >= 15 is 0 Å². The van der Waals surface area contributed by atoms with Gasteiger partial charge in [0.25, 0.3) is 0 Å². The van der Waals surface area contributed by atoms with Gasteiger partial charge in [-0.3, -0.25) is 0 Å². The molecule has 0 aliphatic carbocycles. The predicted octanol–water partition coefficient (Wildman–Crippen LogP) is 3.54. The molecular weight excluding hydrogens is 283 g/mol. The van der Waals surface area contributed by atoms with E-state index in [1.54, 1.807) is 13.8 Å². The maximum atomic E-state index is 13.7. The summed E-state index contributed by atoms with van der Waals surface area (Å²) < 4.78 is 45.1. The fourth-order valence-corrected chi connectivity index (χ4v) is 1.91. The average molecular weight is 295 g/mol. The van der Waals surface area contributed by atoms with Crippen molar-refractivity contribution in [2.75, 3.05) is 6.61 Å². The second kappa shape index (κ2) is 5.95. The number of halogens is 3. The van der Waals surface area contributed by atoms with E-state index in [-0.39, 0.29) is 17.5 Å². The van der Waals surface area contributed by atoms with Gasteiger partial charge in [-0.1, -0.05) is 0 Å². The maximum absolute atomic E-state index is 13.7. The molecule has 0 aliphatic rings. The molecule has 2 aromatic rings. The number of carbonyl (C=O) groups excluding carboxylic acids is 1. The van der Waals surface area contributed by atoms with Crippen molar-refractivity contribution in [1.29, 1.82) is 0 Å². The summed E-state index contributed by atoms with van der Waals surface area (Å²) in [5, 5.41) is 0.0811. The molecule has 0 saturated heterocycles. The van der Waals surface area contributed by atoms with Gasteiger partial charge in [0.2, 0.25) is 0 Å². The van der Waals surface area contributed by atoms with Crippen molar-refractivity contribution >= 4 is 22.9 Å². The smallest absolute Gasteiger partial charge is 0.330 e. The molecule has 0 N–H and O–H groups in total. The van der Waals surface area contributed by atoms with Crippen LogP contribution in [0, 0.1) is 24.4 Å². The zero-order chi connectivity index (χ0) is 15.6. The number of aromatic nitrogens is 1. The quantitative estimate of drug-likeness (QED) is 0.494. The van der Waals surface area contributed by atoms with Gasteiger partial charge in [-0.15, -0.1) is 0 Å². The largest absolute Gasteiger partial charge is 0.463 e. The van der Waals surface area contributed by atoms with Crippen LogP contribution in [0.1, 0.15) is 18.2 Å². The first kappa shape index (κ1) is 15.0. The number of aryl methyl sites for hydroxylation is 1. The number of carbonyl (C=O) groups is 1. The molecule has 0 aliphatic heterocycles. The predicted molar refractivity (Wildman–Crippen MR) is 72.0 cm³/mol. The Bertz CT molecular complexity index is 742. The number of pyridine rings is 1. The van der Waals surface area contributed by atoms with Crippen LogP contribution in [-0.2, 0) is 9.53 Å². The SMILES string of the molecule is CCOC(=O)/C=C/c1cc(C)nc2c(F)c(F)c(F)cc12. The first-order valence-corrected chi connectivity index (χ1v) is 6.23. The summed E-state index contributed by atoms with van der Waals surface area (Å²) in [5.74, 6) is -4.81. The molecule has 1 aromatic heterocycles. The third-order valence-electron chi connectivity index (χ3n) is 2.79. The summed E-state index contributed by atoms with van der Waals surface area (Å²) in [6.07, 6.45) is 2.49. The lowest BCUT2D eigenvalue weighted by molar-refractivity contribution is -0.137. The summed E-state index contributed by atoms with van der Waals surface area (Å²) in [7, 11) is 0. The first-order chi connectivity index (χ1) is 9.93. The molecule has 0 atom stereocenters. The molecule has 110 valence electrons. The standard InChI is InChI=1S/C15H12F3NO2/c1-3-21-12(20)5-4-9-6-8(2)19-15-10(9)7-11(16)13(17)14(15)18/h4-7H,3H2,1-2H3/b5-4+. The molecule has 2 rings (SSSR count). The molecule has 0 bridgehead atoms. The lowest BCUT2D eigenvalue weighted by Crippen LogP contribution is -2.00. The van der Waals surface area contributed by atoms with Crippen LogP contribution in [0.25, 0.3) is 17.0 Å². The molecule has 0 amide bonds. The van der Waals surface area contributed by atoms with Gasteiger partial charge in [-0.25, -0.2) is 22.9 Å². The number of rotatable bonds is 3. The lowest BCUT2D eigenvalue weighted by atomic mass is 10.1. The fourth-order valence-electron chi connectivity index (χ4n) is 1.91. The van der Waals surface area contributed by atoms with E-state index in [0.29, 0.717) is 11.3 Å². The van der Waals surface area contributed by atoms with Crippen molar-refractivity contribution in [3.05, 3.63) is 46.9 Å². The molecule has 0 fully saturated rings. The highest BCUT2D eigenvalue weighted by molar-refractivity contribution is 5.93. The van der Waals surface area contributed by atoms with E-state index in [9.17, 15) is 18.0 Å². The van der Waals surface area contributed by atoms with E-state index in [1.165, 1.54) is 12.1 Å². The molecule has 21 heavy (non-hydrogen) atoms. The van der Waals surface area contributed by atoms with Crippen molar-refractivity contribution in [2.45, 2.75) is 13.8 Å². The number of hydrogen-bond donors (Lipinski definition) is 0. The average Bonchev–Trinajstić information content (AvgIpc) is 2.44. The maximum Gasteiger partial charge on any atom is 0.330 e. The van der Waals surface area contributed by atoms with E-state index in [2.05, 4.69) is 4.98 Å². The molecule has 6 heteroatoms. The van der Waals surface area contributed by atoms with Crippen LogP contribution in [0.5, 0.6) is 0 Å². The summed E-state index contributed by atoms with van der Waals surface area (Å²) in [4.78, 5) is 15.2. The normalized spacial score (nSPS) is 11.3. The third-order valence-corrected chi connectivity index (χ3v) is 2.79. The Labute approximate surface area is 119 Å². The van der Waals surface area contributed by atoms with Gasteiger partial charge in [0.15, 0.2) is 17.5 Å². The van der Waals surface area contributed by atoms with Crippen LogP contribution in [0.15, 0.2) is 18.2 Å². The monoisotopic (exact) mass is 295 g/mol. The Morgan fingerprint density at radius 3 is 2.67 bits per heavy atom. The van der Waals surface area contributed by atoms with E-state index in [1.807, 2.05) is 0 Å². The van der Waals surface area contributed by atoms with Crippen LogP contribution in [0.2, 0.25) is 0 Å². The number of nitrogens with zero attached hydrogens (tertiary/aromatic N) is 1. The van der Waals surface area contributed by atoms with Gasteiger partial charge in [-0.2, -0.15) is 0 Å². The van der Waals surface area contributed by atoms with Crippen molar-refractivity contribution in [3.8, 4) is 0 Å². The highest BCUT2D eigenvalue weighted by Gasteiger charge is 2.16. The van der Waals surface area contributed by atoms with Gasteiger partial charge in [0.1, 0.15) is 5.52 Å². The van der Waals surface area contributed by atoms with Crippen molar-refractivity contribution in [3.63, 3.8) is 0 Å². The highest BCUT2D eigenvalue weighted by Crippen LogP contribution is 2.26. The minimum atomic E-state index is -1.57. The van der Waals surface area contributed by atoms with Crippen molar-refractivity contribution in [2.24, 2.45) is 0 Å². The second-order valence-corrected chi connectivity index (χ2v) is 4.32. The topological polar surface area (TPSA) is 39.2 Å². The number of fused-ring (bicyclic) bond motifs is 1. The van der Waals surface area contributed by atoms with Crippen molar-refractivity contribution in [1.82, 2.24) is 4.98 Å². The van der Waals surface area contributed by atoms with Gasteiger partial charge in [0.05, 0.1) is 6.61 Å². The number of ether oxygens (including phenoxy) is 1. The van der Waals surface area contributed by atoms with Gasteiger partial charge >= 0.3 is 5.97 Å². The summed E-state index contributed by atoms with van der Waals surface area (Å²) in [5.41, 5.74) is 0.483. The number of benzene rings is 1. The van der Waals surface area contributed by atoms with Gasteiger partial charge < -0.3 is 4.74 Å². The van der Waals surface area contributed by atoms with Crippen LogP contribution < -0.4 is 0 Å². The Morgan fingerprint density at radius 2 is 2.00 bits per heavy atom. The Morgan fingerprint density at radius 1 is 1.29 bits per heavy atom. The minimum Gasteiger partial charge on any atom is -0.463 e. The van der Waals surface area contributed by atoms with Crippen LogP contribution >= 0.6 is 0 Å². The highest BCUT2D eigenvalue weighted by atomic mass is 19.2. The van der Waals surface area contributed by atoms with Crippen LogP contribution in [-0.4, -0.2) is 17.6 Å². The van der Waals surface area contributed by atoms with Crippen molar-refractivity contribution < 1.29 is 22.7 Å². The zero-order valence-corrected chi connectivity index (χ0v) is 11.4. The van der Waals surface area contributed by atoms with E-state index < -0.39 is 23.4 Å². The van der Waals surface area contributed by atoms with E-state index in [0.717, 1.165) is 12.1 Å². The van der Waals surface area contributed by atoms with Crippen LogP contribution in [0.4, 0.5) is 13.2 Å². The third kappa shape index (κ3) is 3.04. The summed E-state index contributed by atoms with van der Waals surface area (Å²) in [6, 6.07) is 2.39. The number of esters is 1. The second-order valence-electron chi connectivity index (χ2n) is 4.32. The Balaban J connectivity index is 2.61. The Kier molecular flexibility index (Phi) is 4.26. The first-order valence-electron chi connectivity index (χ1n) is 6.23. The fraction of sp³-hybridized carbons (Fsp3) is 0.200. The minimum absolute atomic E-state index is 0.0811. The molecule has 0 unspecified atom stereocenters. The molecule has 0 radical (unpaired) electrons. The zero-order valence-electron chi connectivity index (χ0n) is 11.4.